The highest BCUT2D eigenvalue weighted by Gasteiger charge is 2.23. The number of benzene rings is 2. The monoisotopic (exact) mass is 398 g/mol. The number of carbonyl (C=O) groups is 2. The highest BCUT2D eigenvalue weighted by Crippen LogP contribution is 2.28. The van der Waals surface area contributed by atoms with Gasteiger partial charge in [-0.3, -0.25) is 4.79 Å². The molecule has 3 aromatic rings. The minimum absolute atomic E-state index is 0.221. The van der Waals surface area contributed by atoms with Gasteiger partial charge < -0.3 is 10.1 Å². The lowest BCUT2D eigenvalue weighted by atomic mass is 10.2. The smallest absolute Gasteiger partial charge is 0.351 e. The van der Waals surface area contributed by atoms with Crippen molar-refractivity contribution in [3.63, 3.8) is 0 Å². The quantitative estimate of drug-likeness (QED) is 0.634. The van der Waals surface area contributed by atoms with Crippen LogP contribution in [0.2, 0.25) is 0 Å². The molecule has 0 aliphatic heterocycles. The second kappa shape index (κ2) is 8.75. The average Bonchev–Trinajstić information content (AvgIpc) is 3.09. The molecule has 144 valence electrons. The molecule has 0 spiro atoms. The molecule has 0 saturated heterocycles. The van der Waals surface area contributed by atoms with Gasteiger partial charge in [-0.15, -0.1) is 11.3 Å². The predicted molar refractivity (Wildman–Crippen MR) is 105 cm³/mol. The minimum atomic E-state index is -0.963. The minimum Gasteiger partial charge on any atom is -0.448 e. The molecule has 7 heteroatoms. The number of halogens is 1. The van der Waals surface area contributed by atoms with Gasteiger partial charge in [0.25, 0.3) is 5.91 Å². The summed E-state index contributed by atoms with van der Waals surface area (Å²) in [4.78, 5) is 29.4. The number of thiazole rings is 1. The molecule has 0 fully saturated rings. The molecular formula is C21H19FN2O3S. The topological polar surface area (TPSA) is 68.3 Å². The molecule has 1 atom stereocenters. The van der Waals surface area contributed by atoms with Crippen LogP contribution in [0.15, 0.2) is 54.6 Å². The van der Waals surface area contributed by atoms with Crippen LogP contribution in [0.1, 0.15) is 27.9 Å². The maximum Gasteiger partial charge on any atom is 0.351 e. The average molecular weight is 398 g/mol. The summed E-state index contributed by atoms with van der Waals surface area (Å²) in [5, 5.41) is 3.39. The summed E-state index contributed by atoms with van der Waals surface area (Å²) in [6, 6.07) is 15.3. The van der Waals surface area contributed by atoms with Crippen LogP contribution >= 0.6 is 11.3 Å². The lowest BCUT2D eigenvalue weighted by Crippen LogP contribution is -2.35. The van der Waals surface area contributed by atoms with Gasteiger partial charge >= 0.3 is 5.97 Å². The number of ether oxygens (including phenoxy) is 1. The van der Waals surface area contributed by atoms with Crippen LogP contribution < -0.4 is 5.32 Å². The first-order valence-corrected chi connectivity index (χ1v) is 9.51. The molecule has 0 aliphatic carbocycles. The van der Waals surface area contributed by atoms with Crippen LogP contribution in [0, 0.1) is 12.7 Å². The number of aryl methyl sites for hydroxylation is 1. The van der Waals surface area contributed by atoms with Crippen molar-refractivity contribution in [1.82, 2.24) is 10.3 Å². The predicted octanol–water partition coefficient (Wildman–Crippen LogP) is 4.12. The van der Waals surface area contributed by atoms with Crippen molar-refractivity contribution in [3.8, 4) is 10.6 Å². The molecule has 0 aliphatic rings. The van der Waals surface area contributed by atoms with Crippen molar-refractivity contribution in [2.24, 2.45) is 0 Å². The Labute approximate surface area is 166 Å². The first kappa shape index (κ1) is 19.7. The van der Waals surface area contributed by atoms with Gasteiger partial charge in [0.1, 0.15) is 15.7 Å². The Hall–Kier alpha value is -3.06. The second-order valence-corrected chi connectivity index (χ2v) is 7.19. The number of carbonyl (C=O) groups excluding carboxylic acids is 2. The van der Waals surface area contributed by atoms with E-state index < -0.39 is 18.0 Å². The molecule has 1 amide bonds. The number of hydrogen-bond donors (Lipinski definition) is 1. The molecule has 1 heterocycles. The van der Waals surface area contributed by atoms with Crippen molar-refractivity contribution in [2.45, 2.75) is 26.5 Å². The number of nitrogens with one attached hydrogen (secondary N) is 1. The molecule has 5 nitrogen and oxygen atoms in total. The van der Waals surface area contributed by atoms with Gasteiger partial charge in [-0.05, 0) is 31.5 Å². The van der Waals surface area contributed by atoms with Crippen LogP contribution in [0.5, 0.6) is 0 Å². The van der Waals surface area contributed by atoms with E-state index in [-0.39, 0.29) is 12.4 Å². The molecule has 3 rings (SSSR count). The van der Waals surface area contributed by atoms with E-state index in [0.29, 0.717) is 10.6 Å². The van der Waals surface area contributed by atoms with E-state index in [1.165, 1.54) is 30.4 Å². The Morgan fingerprint density at radius 1 is 1.14 bits per heavy atom. The van der Waals surface area contributed by atoms with Crippen LogP contribution in [0.3, 0.4) is 0 Å². The van der Waals surface area contributed by atoms with E-state index in [2.05, 4.69) is 10.3 Å². The molecular weight excluding hydrogens is 379 g/mol. The third-order valence-electron chi connectivity index (χ3n) is 4.04. The first-order valence-electron chi connectivity index (χ1n) is 8.70. The number of hydrogen-bond acceptors (Lipinski definition) is 5. The summed E-state index contributed by atoms with van der Waals surface area (Å²) in [6.45, 7) is 3.46. The van der Waals surface area contributed by atoms with Crippen molar-refractivity contribution in [2.75, 3.05) is 0 Å². The molecule has 1 aromatic heterocycles. The van der Waals surface area contributed by atoms with E-state index >= 15 is 0 Å². The fourth-order valence-corrected chi connectivity index (χ4v) is 3.45. The normalized spacial score (nSPS) is 11.7. The van der Waals surface area contributed by atoms with Crippen molar-refractivity contribution < 1.29 is 18.7 Å². The van der Waals surface area contributed by atoms with Crippen molar-refractivity contribution in [1.29, 1.82) is 0 Å². The Morgan fingerprint density at radius 2 is 1.82 bits per heavy atom. The molecule has 1 N–H and O–H groups in total. The van der Waals surface area contributed by atoms with Gasteiger partial charge in [-0.25, -0.2) is 14.2 Å². The number of amides is 1. The number of nitrogens with zero attached hydrogens (tertiary/aromatic N) is 1. The Bertz CT molecular complexity index is 971. The zero-order valence-electron chi connectivity index (χ0n) is 15.4. The summed E-state index contributed by atoms with van der Waals surface area (Å²) < 4.78 is 18.2. The largest absolute Gasteiger partial charge is 0.448 e. The fraction of sp³-hybridized carbons (Fsp3) is 0.190. The van der Waals surface area contributed by atoms with Crippen molar-refractivity contribution in [3.05, 3.63) is 76.5 Å². The lowest BCUT2D eigenvalue weighted by molar-refractivity contribution is -0.129. The summed E-state index contributed by atoms with van der Waals surface area (Å²) >= 11 is 1.23. The number of esters is 1. The fourth-order valence-electron chi connectivity index (χ4n) is 2.49. The van der Waals surface area contributed by atoms with E-state index in [9.17, 15) is 14.0 Å². The zero-order valence-corrected chi connectivity index (χ0v) is 16.3. The van der Waals surface area contributed by atoms with Crippen LogP contribution in [-0.4, -0.2) is 23.0 Å². The van der Waals surface area contributed by atoms with E-state index in [1.807, 2.05) is 30.3 Å². The maximum atomic E-state index is 12.9. The zero-order chi connectivity index (χ0) is 20.1. The van der Waals surface area contributed by atoms with Gasteiger partial charge in [0.05, 0.1) is 5.69 Å². The van der Waals surface area contributed by atoms with Gasteiger partial charge in [0.15, 0.2) is 6.10 Å². The standard InChI is InChI=1S/C21H19FN2O3S/c1-13-18(28-20(24-13)16-6-4-3-5-7-16)21(26)27-14(2)19(25)23-12-15-8-10-17(22)11-9-15/h3-11,14H,12H2,1-2H3,(H,23,25)/t14-/m1/s1. The van der Waals surface area contributed by atoms with Crippen LogP contribution in [0.4, 0.5) is 4.39 Å². The molecule has 0 bridgehead atoms. The molecule has 0 saturated carbocycles. The van der Waals surface area contributed by atoms with Crippen LogP contribution in [-0.2, 0) is 16.1 Å². The number of rotatable bonds is 6. The third kappa shape index (κ3) is 4.80. The van der Waals surface area contributed by atoms with Crippen LogP contribution in [0.25, 0.3) is 10.6 Å². The van der Waals surface area contributed by atoms with Gasteiger partial charge in [-0.1, -0.05) is 42.5 Å². The first-order chi connectivity index (χ1) is 13.4. The van der Waals surface area contributed by atoms with Gasteiger partial charge in [0, 0.05) is 12.1 Å². The lowest BCUT2D eigenvalue weighted by Gasteiger charge is -2.13. The van der Waals surface area contributed by atoms with Gasteiger partial charge in [-0.2, -0.15) is 0 Å². The summed E-state index contributed by atoms with van der Waals surface area (Å²) in [6.07, 6.45) is -0.963. The summed E-state index contributed by atoms with van der Waals surface area (Å²) in [5.41, 5.74) is 2.23. The number of aromatic nitrogens is 1. The van der Waals surface area contributed by atoms with Gasteiger partial charge in [0.2, 0.25) is 0 Å². The Balaban J connectivity index is 1.60. The van der Waals surface area contributed by atoms with Crippen molar-refractivity contribution >= 4 is 23.2 Å². The van der Waals surface area contributed by atoms with E-state index in [0.717, 1.165) is 16.1 Å². The molecule has 28 heavy (non-hydrogen) atoms. The Morgan fingerprint density at radius 3 is 2.50 bits per heavy atom. The van der Waals surface area contributed by atoms with E-state index in [1.54, 1.807) is 19.1 Å². The summed E-state index contributed by atoms with van der Waals surface area (Å²) in [7, 11) is 0. The highest BCUT2D eigenvalue weighted by molar-refractivity contribution is 7.17. The molecule has 0 radical (unpaired) electrons. The summed E-state index contributed by atoms with van der Waals surface area (Å²) in [5.74, 6) is -1.35. The second-order valence-electron chi connectivity index (χ2n) is 6.19. The third-order valence-corrected chi connectivity index (χ3v) is 5.22. The molecule has 0 unspecified atom stereocenters. The molecule has 2 aromatic carbocycles. The highest BCUT2D eigenvalue weighted by atomic mass is 32.1. The van der Waals surface area contributed by atoms with E-state index in [4.69, 9.17) is 4.74 Å². The Kier molecular flexibility index (Phi) is 6.16. The maximum absolute atomic E-state index is 12.9. The SMILES string of the molecule is Cc1nc(-c2ccccc2)sc1C(=O)O[C@H](C)C(=O)NCc1ccc(F)cc1.